The molecular weight excluding hydrogens is 354 g/mol. The summed E-state index contributed by atoms with van der Waals surface area (Å²) < 4.78 is 10.5. The second-order valence-electron chi connectivity index (χ2n) is 6.20. The van der Waals surface area contributed by atoms with Crippen molar-refractivity contribution < 1.29 is 14.3 Å². The average molecular weight is 376 g/mol. The Morgan fingerprint density at radius 3 is 2.58 bits per heavy atom. The summed E-state index contributed by atoms with van der Waals surface area (Å²) >= 11 is 6.10. The van der Waals surface area contributed by atoms with Gasteiger partial charge in [0.15, 0.2) is 0 Å². The SMILES string of the molecule is COc1cc(NC(=O)c2ccnc(NC3CCCC3)c2)c(OC)cc1Cl. The average Bonchev–Trinajstić information content (AvgIpc) is 3.16. The number of ether oxygens (including phenoxy) is 2. The number of benzene rings is 1. The Bertz CT molecular complexity index is 792. The van der Waals surface area contributed by atoms with Gasteiger partial charge < -0.3 is 20.1 Å². The number of carbonyl (C=O) groups is 1. The zero-order chi connectivity index (χ0) is 18.5. The van der Waals surface area contributed by atoms with Crippen LogP contribution in [0.4, 0.5) is 11.5 Å². The van der Waals surface area contributed by atoms with Crippen LogP contribution in [0.1, 0.15) is 36.0 Å². The van der Waals surface area contributed by atoms with E-state index in [-0.39, 0.29) is 5.91 Å². The first-order valence-corrected chi connectivity index (χ1v) is 8.94. The first-order valence-electron chi connectivity index (χ1n) is 8.56. The summed E-state index contributed by atoms with van der Waals surface area (Å²) in [6.07, 6.45) is 6.37. The van der Waals surface area contributed by atoms with E-state index in [1.54, 1.807) is 30.5 Å². The number of anilines is 2. The molecule has 0 saturated heterocycles. The van der Waals surface area contributed by atoms with Gasteiger partial charge >= 0.3 is 0 Å². The van der Waals surface area contributed by atoms with E-state index in [1.807, 2.05) is 0 Å². The highest BCUT2D eigenvalue weighted by atomic mass is 35.5. The van der Waals surface area contributed by atoms with Crippen molar-refractivity contribution in [3.8, 4) is 11.5 Å². The zero-order valence-electron chi connectivity index (χ0n) is 14.8. The molecule has 138 valence electrons. The van der Waals surface area contributed by atoms with Gasteiger partial charge in [0, 0.05) is 29.9 Å². The topological polar surface area (TPSA) is 72.5 Å². The molecule has 7 heteroatoms. The van der Waals surface area contributed by atoms with Crippen LogP contribution >= 0.6 is 11.6 Å². The lowest BCUT2D eigenvalue weighted by Gasteiger charge is -2.15. The Morgan fingerprint density at radius 2 is 1.88 bits per heavy atom. The summed E-state index contributed by atoms with van der Waals surface area (Å²) in [6, 6.07) is 7.11. The Hall–Kier alpha value is -2.47. The number of pyridine rings is 1. The van der Waals surface area contributed by atoms with Crippen molar-refractivity contribution in [1.82, 2.24) is 4.98 Å². The fraction of sp³-hybridized carbons (Fsp3) is 0.368. The van der Waals surface area contributed by atoms with E-state index in [2.05, 4.69) is 15.6 Å². The maximum atomic E-state index is 12.7. The van der Waals surface area contributed by atoms with Crippen LogP contribution in [0.15, 0.2) is 30.5 Å². The Morgan fingerprint density at radius 1 is 1.15 bits per heavy atom. The van der Waals surface area contributed by atoms with Crippen molar-refractivity contribution in [3.63, 3.8) is 0 Å². The van der Waals surface area contributed by atoms with Crippen LogP contribution in [0, 0.1) is 0 Å². The lowest BCUT2D eigenvalue weighted by molar-refractivity contribution is 0.102. The molecule has 1 amide bonds. The molecule has 1 fully saturated rings. The van der Waals surface area contributed by atoms with Gasteiger partial charge in [-0.05, 0) is 25.0 Å². The second kappa shape index (κ2) is 8.27. The smallest absolute Gasteiger partial charge is 0.255 e. The maximum absolute atomic E-state index is 12.7. The minimum Gasteiger partial charge on any atom is -0.495 e. The van der Waals surface area contributed by atoms with Gasteiger partial charge in [-0.3, -0.25) is 4.79 Å². The molecule has 2 aromatic rings. The molecule has 1 aromatic heterocycles. The standard InChI is InChI=1S/C19H22ClN3O3/c1-25-16-11-15(17(26-2)10-14(16)20)23-19(24)12-7-8-21-18(9-12)22-13-5-3-4-6-13/h7-11,13H,3-6H2,1-2H3,(H,21,22)(H,23,24). The third kappa shape index (κ3) is 4.19. The van der Waals surface area contributed by atoms with E-state index in [9.17, 15) is 4.79 Å². The number of methoxy groups -OCH3 is 2. The molecule has 1 aliphatic rings. The van der Waals surface area contributed by atoms with Gasteiger partial charge in [0.25, 0.3) is 5.91 Å². The van der Waals surface area contributed by atoms with Gasteiger partial charge in [0.2, 0.25) is 0 Å². The molecule has 0 unspecified atom stereocenters. The van der Waals surface area contributed by atoms with Crippen LogP contribution < -0.4 is 20.1 Å². The van der Waals surface area contributed by atoms with E-state index in [4.69, 9.17) is 21.1 Å². The number of nitrogens with zero attached hydrogens (tertiary/aromatic N) is 1. The summed E-state index contributed by atoms with van der Waals surface area (Å²) in [5, 5.41) is 6.65. The molecule has 0 aliphatic heterocycles. The minimum atomic E-state index is -0.260. The van der Waals surface area contributed by atoms with E-state index < -0.39 is 0 Å². The van der Waals surface area contributed by atoms with Crippen molar-refractivity contribution in [2.75, 3.05) is 24.9 Å². The third-order valence-corrected chi connectivity index (χ3v) is 4.75. The highest BCUT2D eigenvalue weighted by molar-refractivity contribution is 6.32. The molecule has 1 heterocycles. The predicted molar refractivity (Wildman–Crippen MR) is 103 cm³/mol. The minimum absolute atomic E-state index is 0.260. The molecule has 0 spiro atoms. The van der Waals surface area contributed by atoms with E-state index in [0.717, 1.165) is 12.8 Å². The molecule has 6 nitrogen and oxygen atoms in total. The zero-order valence-corrected chi connectivity index (χ0v) is 15.6. The third-order valence-electron chi connectivity index (χ3n) is 4.45. The van der Waals surface area contributed by atoms with Gasteiger partial charge in [-0.2, -0.15) is 0 Å². The fourth-order valence-electron chi connectivity index (χ4n) is 3.08. The second-order valence-corrected chi connectivity index (χ2v) is 6.60. The lowest BCUT2D eigenvalue weighted by Crippen LogP contribution is -2.17. The number of rotatable bonds is 6. The molecular formula is C19H22ClN3O3. The Labute approximate surface area is 157 Å². The number of aromatic nitrogens is 1. The van der Waals surface area contributed by atoms with Crippen LogP contribution in [0.25, 0.3) is 0 Å². The van der Waals surface area contributed by atoms with Crippen molar-refractivity contribution in [2.45, 2.75) is 31.7 Å². The van der Waals surface area contributed by atoms with Crippen molar-refractivity contribution >= 4 is 29.0 Å². The summed E-state index contributed by atoms with van der Waals surface area (Å²) in [5.41, 5.74) is 0.998. The number of nitrogens with one attached hydrogen (secondary N) is 2. The molecule has 1 aromatic carbocycles. The number of halogens is 1. The lowest BCUT2D eigenvalue weighted by atomic mass is 10.2. The van der Waals surface area contributed by atoms with Gasteiger partial charge in [0.1, 0.15) is 17.3 Å². The Kier molecular flexibility index (Phi) is 5.83. The molecule has 1 saturated carbocycles. The van der Waals surface area contributed by atoms with Gasteiger partial charge in [-0.1, -0.05) is 24.4 Å². The fourth-order valence-corrected chi connectivity index (χ4v) is 3.31. The predicted octanol–water partition coefficient (Wildman–Crippen LogP) is 4.36. The molecule has 0 radical (unpaired) electrons. The van der Waals surface area contributed by atoms with Gasteiger partial charge in [-0.25, -0.2) is 4.98 Å². The van der Waals surface area contributed by atoms with E-state index in [0.29, 0.717) is 39.6 Å². The first-order chi connectivity index (χ1) is 12.6. The number of hydrogen-bond acceptors (Lipinski definition) is 5. The van der Waals surface area contributed by atoms with Crippen LogP contribution in [0.2, 0.25) is 5.02 Å². The van der Waals surface area contributed by atoms with Crippen LogP contribution in [-0.2, 0) is 0 Å². The molecule has 1 aliphatic carbocycles. The normalized spacial score (nSPS) is 14.1. The number of carbonyl (C=O) groups excluding carboxylic acids is 1. The summed E-state index contributed by atoms with van der Waals surface area (Å²) in [5.74, 6) is 1.37. The van der Waals surface area contributed by atoms with Gasteiger partial charge in [-0.15, -0.1) is 0 Å². The van der Waals surface area contributed by atoms with Crippen molar-refractivity contribution in [1.29, 1.82) is 0 Å². The van der Waals surface area contributed by atoms with E-state index in [1.165, 1.54) is 27.1 Å². The van der Waals surface area contributed by atoms with Crippen molar-refractivity contribution in [2.24, 2.45) is 0 Å². The first kappa shape index (κ1) is 18.3. The number of amides is 1. The quantitative estimate of drug-likeness (QED) is 0.784. The molecule has 2 N–H and O–H groups in total. The summed E-state index contributed by atoms with van der Waals surface area (Å²) in [4.78, 5) is 17.0. The van der Waals surface area contributed by atoms with Crippen LogP contribution in [0.3, 0.4) is 0 Å². The summed E-state index contributed by atoms with van der Waals surface area (Å²) in [7, 11) is 3.03. The highest BCUT2D eigenvalue weighted by Gasteiger charge is 2.17. The summed E-state index contributed by atoms with van der Waals surface area (Å²) in [6.45, 7) is 0. The largest absolute Gasteiger partial charge is 0.495 e. The van der Waals surface area contributed by atoms with Gasteiger partial charge in [0.05, 0.1) is 24.9 Å². The van der Waals surface area contributed by atoms with Crippen LogP contribution in [-0.4, -0.2) is 31.2 Å². The number of hydrogen-bond donors (Lipinski definition) is 2. The molecule has 0 atom stereocenters. The van der Waals surface area contributed by atoms with Crippen LogP contribution in [0.5, 0.6) is 11.5 Å². The molecule has 3 rings (SSSR count). The van der Waals surface area contributed by atoms with E-state index >= 15 is 0 Å². The molecule has 0 bridgehead atoms. The maximum Gasteiger partial charge on any atom is 0.255 e. The highest BCUT2D eigenvalue weighted by Crippen LogP contribution is 2.36. The molecule has 26 heavy (non-hydrogen) atoms. The van der Waals surface area contributed by atoms with Crippen molar-refractivity contribution in [3.05, 3.63) is 41.0 Å². The monoisotopic (exact) mass is 375 g/mol. The Balaban J connectivity index is 1.77.